The maximum Gasteiger partial charge on any atom is 0.306 e. The third-order valence-corrected chi connectivity index (χ3v) is 2.26. The van der Waals surface area contributed by atoms with E-state index in [1.54, 1.807) is 6.07 Å². The quantitative estimate of drug-likeness (QED) is 0.445. The van der Waals surface area contributed by atoms with Crippen LogP contribution in [0.5, 0.6) is 5.75 Å². The van der Waals surface area contributed by atoms with Gasteiger partial charge in [-0.05, 0) is 12.1 Å². The zero-order valence-electron chi connectivity index (χ0n) is 9.50. The fourth-order valence-corrected chi connectivity index (χ4v) is 1.64. The van der Waals surface area contributed by atoms with Crippen molar-refractivity contribution < 1.29 is 17.4 Å². The Hall–Kier alpha value is -2.27. The maximum atomic E-state index is 11.6. The van der Waals surface area contributed by atoms with E-state index in [1.807, 2.05) is 0 Å². The Kier molecular flexibility index (Phi) is 4.12. The highest BCUT2D eigenvalue weighted by Crippen LogP contribution is 2.20. The van der Waals surface area contributed by atoms with Crippen molar-refractivity contribution in [2.75, 3.05) is 18.5 Å². The van der Waals surface area contributed by atoms with Crippen LogP contribution in [0.2, 0.25) is 0 Å². The number of nitrogens with zero attached hydrogens (tertiary/aromatic N) is 1. The van der Waals surface area contributed by atoms with Gasteiger partial charge in [-0.2, -0.15) is 13.7 Å². The van der Waals surface area contributed by atoms with E-state index >= 15 is 0 Å². The lowest BCUT2D eigenvalue weighted by Crippen LogP contribution is -2.23. The number of anilines is 1. The number of carbonyl (C=O) groups is 1. The third kappa shape index (κ3) is 4.31. The fraction of sp³-hybridized carbons (Fsp3) is 0.200. The first-order valence-electron chi connectivity index (χ1n) is 4.77. The lowest BCUT2D eigenvalue weighted by Gasteiger charge is -2.07. The number of nitrogens with one attached hydrogen (secondary N) is 1. The number of benzene rings is 1. The van der Waals surface area contributed by atoms with E-state index in [1.165, 1.54) is 18.2 Å². The molecule has 0 saturated carbocycles. The molecule has 96 valence electrons. The highest BCUT2D eigenvalue weighted by molar-refractivity contribution is 7.86. The lowest BCUT2D eigenvalue weighted by atomic mass is 10.2. The molecule has 0 atom stereocenters. The van der Waals surface area contributed by atoms with Gasteiger partial charge in [-0.15, -0.1) is 0 Å². The van der Waals surface area contributed by atoms with Crippen LogP contribution >= 0.6 is 0 Å². The fourth-order valence-electron chi connectivity index (χ4n) is 1.20. The molecule has 8 heteroatoms. The van der Waals surface area contributed by atoms with Crippen LogP contribution < -0.4 is 15.2 Å². The zero-order valence-corrected chi connectivity index (χ0v) is 10.3. The molecular formula is C10H11N3O4S. The van der Waals surface area contributed by atoms with Crippen molar-refractivity contribution in [3.63, 3.8) is 0 Å². The molecule has 0 fully saturated rings. The summed E-state index contributed by atoms with van der Waals surface area (Å²) in [5.74, 6) is -0.596. The molecule has 7 nitrogen and oxygen atoms in total. The Labute approximate surface area is 104 Å². The van der Waals surface area contributed by atoms with Crippen LogP contribution in [-0.4, -0.2) is 27.1 Å². The standard InChI is InChI=1S/C10H11N3O4S/c1-18(15,16)17-9-5-7(4-8(12)6-9)10(14)13-3-2-11/h4-6H,3,12H2,1H3,(H,13,14). The summed E-state index contributed by atoms with van der Waals surface area (Å²) in [5, 5.41) is 10.6. The number of rotatable bonds is 4. The molecule has 0 heterocycles. The lowest BCUT2D eigenvalue weighted by molar-refractivity contribution is 0.0958. The van der Waals surface area contributed by atoms with Crippen LogP contribution in [0, 0.1) is 11.3 Å². The van der Waals surface area contributed by atoms with Gasteiger partial charge in [0, 0.05) is 17.3 Å². The second-order valence-electron chi connectivity index (χ2n) is 3.42. The van der Waals surface area contributed by atoms with Gasteiger partial charge < -0.3 is 15.2 Å². The molecule has 3 N–H and O–H groups in total. The molecule has 1 amide bonds. The summed E-state index contributed by atoms with van der Waals surface area (Å²) in [7, 11) is -3.69. The zero-order chi connectivity index (χ0) is 13.8. The Balaban J connectivity index is 3.01. The number of nitrogen functional groups attached to an aromatic ring is 1. The SMILES string of the molecule is CS(=O)(=O)Oc1cc(N)cc(C(=O)NCC#N)c1. The van der Waals surface area contributed by atoms with Crippen LogP contribution in [0.4, 0.5) is 5.69 Å². The van der Waals surface area contributed by atoms with Gasteiger partial charge in [0.15, 0.2) is 0 Å². The van der Waals surface area contributed by atoms with Crippen molar-refractivity contribution in [2.45, 2.75) is 0 Å². The molecular weight excluding hydrogens is 258 g/mol. The van der Waals surface area contributed by atoms with Crippen molar-refractivity contribution in [1.82, 2.24) is 5.32 Å². The largest absolute Gasteiger partial charge is 0.399 e. The molecule has 1 aromatic carbocycles. The first kappa shape index (κ1) is 13.8. The summed E-state index contributed by atoms with van der Waals surface area (Å²) in [6, 6.07) is 5.60. The summed E-state index contributed by atoms with van der Waals surface area (Å²) in [4.78, 5) is 11.6. The Morgan fingerprint density at radius 3 is 2.72 bits per heavy atom. The average Bonchev–Trinajstić information content (AvgIpc) is 2.22. The molecule has 0 saturated heterocycles. The Morgan fingerprint density at radius 2 is 2.17 bits per heavy atom. The monoisotopic (exact) mass is 269 g/mol. The minimum atomic E-state index is -3.69. The molecule has 1 rings (SSSR count). The summed E-state index contributed by atoms with van der Waals surface area (Å²) in [6.45, 7) is -0.157. The molecule has 0 radical (unpaired) electrons. The molecule has 18 heavy (non-hydrogen) atoms. The second-order valence-corrected chi connectivity index (χ2v) is 4.99. The third-order valence-electron chi connectivity index (χ3n) is 1.77. The predicted molar refractivity (Wildman–Crippen MR) is 64.3 cm³/mol. The van der Waals surface area contributed by atoms with Crippen molar-refractivity contribution in [1.29, 1.82) is 5.26 Å². The van der Waals surface area contributed by atoms with Gasteiger partial charge in [0.1, 0.15) is 12.3 Å². The number of hydrogen-bond donors (Lipinski definition) is 2. The van der Waals surface area contributed by atoms with Crippen molar-refractivity contribution in [2.24, 2.45) is 0 Å². The molecule has 0 bridgehead atoms. The highest BCUT2D eigenvalue weighted by atomic mass is 32.2. The predicted octanol–water partition coefficient (Wildman–Crippen LogP) is -0.139. The van der Waals surface area contributed by atoms with Crippen LogP contribution in [0.1, 0.15) is 10.4 Å². The molecule has 0 unspecified atom stereocenters. The molecule has 0 aliphatic carbocycles. The Bertz CT molecular complexity index is 604. The number of nitriles is 1. The van der Waals surface area contributed by atoms with E-state index < -0.39 is 16.0 Å². The van der Waals surface area contributed by atoms with Crippen molar-refractivity contribution in [3.05, 3.63) is 23.8 Å². The topological polar surface area (TPSA) is 122 Å². The van der Waals surface area contributed by atoms with Crippen LogP contribution in [0.15, 0.2) is 18.2 Å². The van der Waals surface area contributed by atoms with E-state index in [0.29, 0.717) is 0 Å². The van der Waals surface area contributed by atoms with Gasteiger partial charge >= 0.3 is 10.1 Å². The second kappa shape index (κ2) is 5.37. The van der Waals surface area contributed by atoms with Crippen LogP contribution in [0.3, 0.4) is 0 Å². The minimum absolute atomic E-state index is 0.0559. The smallest absolute Gasteiger partial charge is 0.306 e. The van der Waals surface area contributed by atoms with Crippen molar-refractivity contribution in [3.8, 4) is 11.8 Å². The van der Waals surface area contributed by atoms with Gasteiger partial charge in [0.25, 0.3) is 5.91 Å². The number of carbonyl (C=O) groups excluding carboxylic acids is 1. The summed E-state index contributed by atoms with van der Waals surface area (Å²) in [5.41, 5.74) is 5.82. The number of nitrogens with two attached hydrogens (primary N) is 1. The number of hydrogen-bond acceptors (Lipinski definition) is 6. The maximum absolute atomic E-state index is 11.6. The van der Waals surface area contributed by atoms with E-state index in [2.05, 4.69) is 9.50 Å². The summed E-state index contributed by atoms with van der Waals surface area (Å²) >= 11 is 0. The van der Waals surface area contributed by atoms with Crippen LogP contribution in [0.25, 0.3) is 0 Å². The number of amides is 1. The van der Waals surface area contributed by atoms with E-state index in [4.69, 9.17) is 11.0 Å². The van der Waals surface area contributed by atoms with Gasteiger partial charge in [-0.1, -0.05) is 0 Å². The first-order valence-corrected chi connectivity index (χ1v) is 6.58. The summed E-state index contributed by atoms with van der Waals surface area (Å²) in [6.07, 6.45) is 0.881. The summed E-state index contributed by atoms with van der Waals surface area (Å²) < 4.78 is 26.5. The van der Waals surface area contributed by atoms with Gasteiger partial charge in [0.2, 0.25) is 0 Å². The van der Waals surface area contributed by atoms with Crippen molar-refractivity contribution >= 4 is 21.7 Å². The van der Waals surface area contributed by atoms with E-state index in [0.717, 1.165) is 6.26 Å². The molecule has 1 aromatic rings. The normalized spacial score (nSPS) is 10.4. The molecule has 0 aliphatic heterocycles. The van der Waals surface area contributed by atoms with Crippen LogP contribution in [-0.2, 0) is 10.1 Å². The highest BCUT2D eigenvalue weighted by Gasteiger charge is 2.11. The van der Waals surface area contributed by atoms with Gasteiger partial charge in [0.05, 0.1) is 12.3 Å². The first-order chi connectivity index (χ1) is 8.31. The molecule has 0 aliphatic rings. The van der Waals surface area contributed by atoms with E-state index in [-0.39, 0.29) is 23.5 Å². The van der Waals surface area contributed by atoms with E-state index in [9.17, 15) is 13.2 Å². The molecule has 0 aromatic heterocycles. The Morgan fingerprint density at radius 1 is 1.50 bits per heavy atom. The average molecular weight is 269 g/mol. The van der Waals surface area contributed by atoms with Gasteiger partial charge in [-0.25, -0.2) is 0 Å². The minimum Gasteiger partial charge on any atom is -0.399 e. The van der Waals surface area contributed by atoms with Gasteiger partial charge in [-0.3, -0.25) is 4.79 Å². The molecule has 0 spiro atoms.